The van der Waals surface area contributed by atoms with Crippen LogP contribution in [-0.4, -0.2) is 21.9 Å². The molecule has 1 unspecified atom stereocenters. The first kappa shape index (κ1) is 18.8. The Morgan fingerprint density at radius 3 is 2.42 bits per heavy atom. The monoisotopic (exact) mass is 371 g/mol. The molecule has 26 heavy (non-hydrogen) atoms. The van der Waals surface area contributed by atoms with Crippen LogP contribution >= 0.6 is 11.6 Å². The molecule has 0 radical (unpaired) electrons. The minimum atomic E-state index is 0.0239. The van der Waals surface area contributed by atoms with E-state index in [0.717, 1.165) is 25.0 Å². The zero-order valence-corrected chi connectivity index (χ0v) is 16.2. The second kappa shape index (κ2) is 8.63. The largest absolute Gasteiger partial charge is 0.354 e. The molecule has 0 bridgehead atoms. The lowest BCUT2D eigenvalue weighted by Crippen LogP contribution is -2.31. The van der Waals surface area contributed by atoms with Crippen molar-refractivity contribution < 1.29 is 4.79 Å². The van der Waals surface area contributed by atoms with E-state index in [0.29, 0.717) is 17.1 Å². The van der Waals surface area contributed by atoms with E-state index in [1.807, 2.05) is 13.0 Å². The van der Waals surface area contributed by atoms with Crippen molar-refractivity contribution in [2.45, 2.75) is 63.8 Å². The maximum absolute atomic E-state index is 11.1. The van der Waals surface area contributed by atoms with E-state index < -0.39 is 0 Å². The summed E-state index contributed by atoms with van der Waals surface area (Å²) in [4.78, 5) is 19.5. The SMILES string of the molecule is CC(=O)NC(C)Cc1ccc(C2CCC(c3ccnc(Cl)n3)CC2)cc1. The molecule has 1 N–H and O–H groups in total. The van der Waals surface area contributed by atoms with Gasteiger partial charge in [-0.05, 0) is 73.7 Å². The fourth-order valence-electron chi connectivity index (χ4n) is 3.98. The number of hydrogen-bond donors (Lipinski definition) is 1. The van der Waals surface area contributed by atoms with Crippen LogP contribution in [0.25, 0.3) is 0 Å². The van der Waals surface area contributed by atoms with Gasteiger partial charge in [-0.15, -0.1) is 0 Å². The lowest BCUT2D eigenvalue weighted by Gasteiger charge is -2.28. The Morgan fingerprint density at radius 2 is 1.81 bits per heavy atom. The maximum Gasteiger partial charge on any atom is 0.222 e. The van der Waals surface area contributed by atoms with Gasteiger partial charge in [-0.3, -0.25) is 4.79 Å². The predicted octanol–water partition coefficient (Wildman–Crippen LogP) is 4.64. The molecule has 138 valence electrons. The van der Waals surface area contributed by atoms with Gasteiger partial charge in [0.2, 0.25) is 11.2 Å². The molecule has 3 rings (SSSR count). The normalized spacial score (nSPS) is 21.2. The Morgan fingerprint density at radius 1 is 1.15 bits per heavy atom. The third kappa shape index (κ3) is 5.04. The molecule has 1 amide bonds. The van der Waals surface area contributed by atoms with E-state index in [1.54, 1.807) is 13.1 Å². The highest BCUT2D eigenvalue weighted by Crippen LogP contribution is 2.40. The number of benzene rings is 1. The Hall–Kier alpha value is -1.94. The predicted molar refractivity (Wildman–Crippen MR) is 104 cm³/mol. The van der Waals surface area contributed by atoms with E-state index >= 15 is 0 Å². The summed E-state index contributed by atoms with van der Waals surface area (Å²) in [5, 5.41) is 3.28. The first-order valence-electron chi connectivity index (χ1n) is 9.35. The molecular weight excluding hydrogens is 346 g/mol. The summed E-state index contributed by atoms with van der Waals surface area (Å²) in [6.45, 7) is 3.60. The highest BCUT2D eigenvalue weighted by Gasteiger charge is 2.24. The number of carbonyl (C=O) groups is 1. The molecule has 0 saturated heterocycles. The van der Waals surface area contributed by atoms with Crippen LogP contribution in [0.5, 0.6) is 0 Å². The molecule has 2 aromatic rings. The summed E-state index contributed by atoms with van der Waals surface area (Å²) in [5.41, 5.74) is 3.75. The minimum Gasteiger partial charge on any atom is -0.354 e. The molecule has 1 aliphatic rings. The maximum atomic E-state index is 11.1. The summed E-state index contributed by atoms with van der Waals surface area (Å²) in [7, 11) is 0. The van der Waals surface area contributed by atoms with Gasteiger partial charge in [-0.2, -0.15) is 0 Å². The molecule has 1 aliphatic carbocycles. The number of carbonyl (C=O) groups excluding carboxylic acids is 1. The van der Waals surface area contributed by atoms with E-state index in [2.05, 4.69) is 39.6 Å². The summed E-state index contributed by atoms with van der Waals surface area (Å²) in [5.74, 6) is 1.13. The van der Waals surface area contributed by atoms with Crippen molar-refractivity contribution in [1.29, 1.82) is 0 Å². The van der Waals surface area contributed by atoms with Crippen molar-refractivity contribution >= 4 is 17.5 Å². The van der Waals surface area contributed by atoms with E-state index in [4.69, 9.17) is 11.6 Å². The first-order valence-corrected chi connectivity index (χ1v) is 9.73. The highest BCUT2D eigenvalue weighted by atomic mass is 35.5. The van der Waals surface area contributed by atoms with Crippen LogP contribution in [0.4, 0.5) is 0 Å². The smallest absolute Gasteiger partial charge is 0.222 e. The van der Waals surface area contributed by atoms with Gasteiger partial charge in [0.05, 0.1) is 0 Å². The Labute approximate surface area is 160 Å². The first-order chi connectivity index (χ1) is 12.5. The van der Waals surface area contributed by atoms with Crippen molar-refractivity contribution in [1.82, 2.24) is 15.3 Å². The van der Waals surface area contributed by atoms with Gasteiger partial charge < -0.3 is 5.32 Å². The molecular formula is C21H26ClN3O. The van der Waals surface area contributed by atoms with Gasteiger partial charge in [0.15, 0.2) is 0 Å². The minimum absolute atomic E-state index is 0.0239. The molecule has 1 atom stereocenters. The van der Waals surface area contributed by atoms with Gasteiger partial charge in [0.25, 0.3) is 0 Å². The summed E-state index contributed by atoms with van der Waals surface area (Å²) in [6.07, 6.45) is 7.24. The highest BCUT2D eigenvalue weighted by molar-refractivity contribution is 6.28. The van der Waals surface area contributed by atoms with Crippen molar-refractivity contribution in [2.24, 2.45) is 0 Å². The Kier molecular flexibility index (Phi) is 6.25. The van der Waals surface area contributed by atoms with Crippen molar-refractivity contribution in [2.75, 3.05) is 0 Å². The van der Waals surface area contributed by atoms with Gasteiger partial charge in [0.1, 0.15) is 0 Å². The average molecular weight is 372 g/mol. The van der Waals surface area contributed by atoms with E-state index in [-0.39, 0.29) is 11.9 Å². The van der Waals surface area contributed by atoms with Crippen LogP contribution in [0, 0.1) is 0 Å². The zero-order chi connectivity index (χ0) is 18.5. The number of nitrogens with zero attached hydrogens (tertiary/aromatic N) is 2. The summed E-state index contributed by atoms with van der Waals surface area (Å²) < 4.78 is 0. The van der Waals surface area contributed by atoms with Gasteiger partial charge in [-0.1, -0.05) is 24.3 Å². The zero-order valence-electron chi connectivity index (χ0n) is 15.4. The molecule has 1 saturated carbocycles. The molecule has 5 heteroatoms. The van der Waals surface area contributed by atoms with Gasteiger partial charge in [0, 0.05) is 30.8 Å². The molecule has 1 heterocycles. The van der Waals surface area contributed by atoms with E-state index in [1.165, 1.54) is 24.0 Å². The topological polar surface area (TPSA) is 54.9 Å². The van der Waals surface area contributed by atoms with Crippen molar-refractivity contribution in [3.63, 3.8) is 0 Å². The van der Waals surface area contributed by atoms with Crippen LogP contribution in [0.3, 0.4) is 0 Å². The van der Waals surface area contributed by atoms with Crippen LogP contribution in [0.2, 0.25) is 5.28 Å². The number of halogens is 1. The molecule has 0 aliphatic heterocycles. The molecule has 1 aromatic heterocycles. The number of nitrogens with one attached hydrogen (secondary N) is 1. The van der Waals surface area contributed by atoms with Gasteiger partial charge >= 0.3 is 0 Å². The molecule has 0 spiro atoms. The summed E-state index contributed by atoms with van der Waals surface area (Å²) >= 11 is 5.92. The van der Waals surface area contributed by atoms with Crippen molar-refractivity contribution in [3.8, 4) is 0 Å². The summed E-state index contributed by atoms with van der Waals surface area (Å²) in [6, 6.07) is 11.1. The van der Waals surface area contributed by atoms with Gasteiger partial charge in [-0.25, -0.2) is 9.97 Å². The second-order valence-corrected chi connectivity index (χ2v) is 7.68. The second-order valence-electron chi connectivity index (χ2n) is 7.35. The van der Waals surface area contributed by atoms with Crippen LogP contribution < -0.4 is 5.32 Å². The Balaban J connectivity index is 1.55. The Bertz CT molecular complexity index is 739. The number of amides is 1. The molecule has 4 nitrogen and oxygen atoms in total. The molecule has 1 fully saturated rings. The van der Waals surface area contributed by atoms with Crippen LogP contribution in [0.1, 0.15) is 68.2 Å². The third-order valence-corrected chi connectivity index (χ3v) is 5.42. The third-order valence-electron chi connectivity index (χ3n) is 5.24. The lowest BCUT2D eigenvalue weighted by atomic mass is 9.77. The number of rotatable bonds is 5. The average Bonchev–Trinajstić information content (AvgIpc) is 2.62. The fourth-order valence-corrected chi connectivity index (χ4v) is 4.13. The fraction of sp³-hybridized carbons (Fsp3) is 0.476. The quantitative estimate of drug-likeness (QED) is 0.779. The lowest BCUT2D eigenvalue weighted by molar-refractivity contribution is -0.119. The molecule has 1 aromatic carbocycles. The van der Waals surface area contributed by atoms with E-state index in [9.17, 15) is 4.79 Å². The van der Waals surface area contributed by atoms with Crippen molar-refractivity contribution in [3.05, 3.63) is 58.6 Å². The number of aromatic nitrogens is 2. The van der Waals surface area contributed by atoms with Crippen LogP contribution in [-0.2, 0) is 11.2 Å². The standard InChI is InChI=1S/C21H26ClN3O/c1-14(24-15(2)26)13-16-3-5-17(6-4-16)18-7-9-19(10-8-18)20-11-12-23-21(22)25-20/h3-6,11-12,14,18-19H,7-10,13H2,1-2H3,(H,24,26). The van der Waals surface area contributed by atoms with Crippen LogP contribution in [0.15, 0.2) is 36.5 Å². The number of hydrogen-bond acceptors (Lipinski definition) is 3.